The van der Waals surface area contributed by atoms with E-state index in [1.54, 1.807) is 54.6 Å². The van der Waals surface area contributed by atoms with Crippen LogP contribution in [-0.4, -0.2) is 24.7 Å². The van der Waals surface area contributed by atoms with Crippen molar-refractivity contribution >= 4 is 5.97 Å². The average molecular weight is 394 g/mol. The first-order valence-corrected chi connectivity index (χ1v) is 8.69. The van der Waals surface area contributed by atoms with E-state index >= 15 is 0 Å². The summed E-state index contributed by atoms with van der Waals surface area (Å²) in [6.07, 6.45) is 0. The first-order valence-electron chi connectivity index (χ1n) is 8.69. The lowest BCUT2D eigenvalue weighted by Gasteiger charge is -2.14. The first-order chi connectivity index (χ1) is 14.2. The molecule has 0 saturated carbocycles. The number of rotatable bonds is 5. The summed E-state index contributed by atoms with van der Waals surface area (Å²) in [6, 6.07) is 14.8. The van der Waals surface area contributed by atoms with Gasteiger partial charge in [-0.3, -0.25) is 0 Å². The second-order valence-corrected chi connectivity index (χ2v) is 6.17. The van der Waals surface area contributed by atoms with E-state index in [0.29, 0.717) is 34.5 Å². The number of carbonyl (C=O) groups is 1. The van der Waals surface area contributed by atoms with Gasteiger partial charge in [-0.1, -0.05) is 6.07 Å². The average Bonchev–Trinajstić information content (AvgIpc) is 3.36. The molecule has 1 N–H and O–H groups in total. The van der Waals surface area contributed by atoms with E-state index < -0.39 is 5.97 Å². The van der Waals surface area contributed by atoms with E-state index in [1.807, 2.05) is 0 Å². The molecule has 5 rings (SSSR count). The predicted molar refractivity (Wildman–Crippen MR) is 98.7 cm³/mol. The monoisotopic (exact) mass is 394 g/mol. The van der Waals surface area contributed by atoms with Crippen LogP contribution < -0.4 is 28.4 Å². The van der Waals surface area contributed by atoms with Crippen LogP contribution in [-0.2, 0) is 0 Å². The zero-order valence-electron chi connectivity index (χ0n) is 14.9. The Morgan fingerprint density at radius 1 is 0.724 bits per heavy atom. The van der Waals surface area contributed by atoms with Crippen LogP contribution >= 0.6 is 0 Å². The van der Waals surface area contributed by atoms with Gasteiger partial charge in [-0.05, 0) is 36.4 Å². The number of hydrogen-bond donors (Lipinski definition) is 1. The molecule has 3 aromatic carbocycles. The molecular weight excluding hydrogens is 380 g/mol. The van der Waals surface area contributed by atoms with Gasteiger partial charge in [-0.15, -0.1) is 0 Å². The third-order valence-electron chi connectivity index (χ3n) is 4.35. The molecule has 0 unspecified atom stereocenters. The number of carboxylic acids is 1. The van der Waals surface area contributed by atoms with Crippen LogP contribution in [0.4, 0.5) is 0 Å². The summed E-state index contributed by atoms with van der Waals surface area (Å²) < 4.78 is 32.8. The second kappa shape index (κ2) is 6.83. The van der Waals surface area contributed by atoms with Crippen molar-refractivity contribution in [3.05, 3.63) is 60.2 Å². The molecule has 8 nitrogen and oxygen atoms in total. The molecule has 29 heavy (non-hydrogen) atoms. The molecule has 0 amide bonds. The van der Waals surface area contributed by atoms with Gasteiger partial charge in [0.1, 0.15) is 28.6 Å². The Hall–Kier alpha value is -4.07. The maximum atomic E-state index is 11.9. The minimum absolute atomic E-state index is 0.108. The van der Waals surface area contributed by atoms with Gasteiger partial charge in [-0.2, -0.15) is 0 Å². The summed E-state index contributed by atoms with van der Waals surface area (Å²) >= 11 is 0. The lowest BCUT2D eigenvalue weighted by molar-refractivity contribution is 0.0691. The Labute approximate surface area is 164 Å². The summed E-state index contributed by atoms with van der Waals surface area (Å²) in [5.74, 6) is 2.20. The second-order valence-electron chi connectivity index (χ2n) is 6.17. The number of carboxylic acid groups (broad SMARTS) is 1. The van der Waals surface area contributed by atoms with Crippen molar-refractivity contribution in [1.29, 1.82) is 0 Å². The maximum absolute atomic E-state index is 11.9. The quantitative estimate of drug-likeness (QED) is 0.680. The molecule has 0 atom stereocenters. The normalized spacial score (nSPS) is 13.2. The molecule has 0 saturated heterocycles. The summed E-state index contributed by atoms with van der Waals surface area (Å²) in [5, 5.41) is 9.76. The molecule has 0 spiro atoms. The fourth-order valence-electron chi connectivity index (χ4n) is 3.03. The van der Waals surface area contributed by atoms with E-state index in [0.717, 1.165) is 0 Å². The van der Waals surface area contributed by atoms with Gasteiger partial charge in [-0.25, -0.2) is 4.79 Å². The molecule has 0 aliphatic carbocycles. The standard InChI is InChI=1S/C21H14O8/c22-21(23)20-16(28-12-4-6-14-18(8-12)26-10-24-14)2-1-3-17(20)29-13-5-7-15-19(9-13)27-11-25-15/h1-9H,10-11H2,(H,22,23). The van der Waals surface area contributed by atoms with Gasteiger partial charge in [0.05, 0.1) is 0 Å². The molecule has 146 valence electrons. The third-order valence-corrected chi connectivity index (χ3v) is 4.35. The molecule has 8 heteroatoms. The van der Waals surface area contributed by atoms with Gasteiger partial charge in [0, 0.05) is 12.1 Å². The van der Waals surface area contributed by atoms with Crippen LogP contribution in [0.15, 0.2) is 54.6 Å². The van der Waals surface area contributed by atoms with Crippen LogP contribution in [0.5, 0.6) is 46.0 Å². The first kappa shape index (κ1) is 17.1. The fourth-order valence-corrected chi connectivity index (χ4v) is 3.03. The van der Waals surface area contributed by atoms with E-state index in [-0.39, 0.29) is 30.6 Å². The van der Waals surface area contributed by atoms with Crippen molar-refractivity contribution in [1.82, 2.24) is 0 Å². The summed E-state index contributed by atoms with van der Waals surface area (Å²) in [4.78, 5) is 11.9. The van der Waals surface area contributed by atoms with Crippen molar-refractivity contribution in [3.8, 4) is 46.0 Å². The van der Waals surface area contributed by atoms with Crippen molar-refractivity contribution in [3.63, 3.8) is 0 Å². The lowest BCUT2D eigenvalue weighted by atomic mass is 10.1. The third kappa shape index (κ3) is 3.20. The van der Waals surface area contributed by atoms with E-state index in [4.69, 9.17) is 28.4 Å². The Balaban J connectivity index is 1.46. The SMILES string of the molecule is O=C(O)c1c(Oc2ccc3c(c2)OCO3)cccc1Oc1ccc2c(c1)OCO2. The molecule has 2 aliphatic heterocycles. The molecular formula is C21H14O8. The maximum Gasteiger partial charge on any atom is 0.343 e. The number of fused-ring (bicyclic) bond motifs is 2. The van der Waals surface area contributed by atoms with Gasteiger partial charge in [0.15, 0.2) is 23.0 Å². The molecule has 0 fully saturated rings. The van der Waals surface area contributed by atoms with E-state index in [2.05, 4.69) is 0 Å². The zero-order chi connectivity index (χ0) is 19.8. The van der Waals surface area contributed by atoms with Gasteiger partial charge >= 0.3 is 5.97 Å². The Kier molecular flexibility index (Phi) is 4.02. The Morgan fingerprint density at radius 3 is 1.69 bits per heavy atom. The van der Waals surface area contributed by atoms with Crippen LogP contribution in [0.25, 0.3) is 0 Å². The highest BCUT2D eigenvalue weighted by atomic mass is 16.7. The molecule has 0 aromatic heterocycles. The smallest absolute Gasteiger partial charge is 0.343 e. The van der Waals surface area contributed by atoms with Crippen molar-refractivity contribution in [2.45, 2.75) is 0 Å². The zero-order valence-corrected chi connectivity index (χ0v) is 14.9. The number of hydrogen-bond acceptors (Lipinski definition) is 7. The Morgan fingerprint density at radius 2 is 1.21 bits per heavy atom. The van der Waals surface area contributed by atoms with E-state index in [1.165, 1.54) is 0 Å². The molecule has 0 radical (unpaired) electrons. The molecule has 3 aromatic rings. The van der Waals surface area contributed by atoms with Crippen LogP contribution in [0.2, 0.25) is 0 Å². The Bertz CT molecular complexity index is 1030. The number of ether oxygens (including phenoxy) is 6. The summed E-state index contributed by atoms with van der Waals surface area (Å²) in [7, 11) is 0. The van der Waals surface area contributed by atoms with Gasteiger partial charge < -0.3 is 33.5 Å². The molecule has 2 heterocycles. The topological polar surface area (TPSA) is 92.7 Å². The fraction of sp³-hybridized carbons (Fsp3) is 0.0952. The minimum Gasteiger partial charge on any atom is -0.477 e. The lowest BCUT2D eigenvalue weighted by Crippen LogP contribution is -2.03. The summed E-state index contributed by atoms with van der Waals surface area (Å²) in [5.41, 5.74) is -0.108. The molecule has 2 aliphatic rings. The molecule has 0 bridgehead atoms. The van der Waals surface area contributed by atoms with Crippen LogP contribution in [0.1, 0.15) is 10.4 Å². The minimum atomic E-state index is -1.18. The van der Waals surface area contributed by atoms with Crippen molar-refractivity contribution < 1.29 is 38.3 Å². The van der Waals surface area contributed by atoms with Crippen LogP contribution in [0, 0.1) is 0 Å². The number of benzene rings is 3. The van der Waals surface area contributed by atoms with Gasteiger partial charge in [0.25, 0.3) is 0 Å². The summed E-state index contributed by atoms with van der Waals surface area (Å²) in [6.45, 7) is 0.274. The largest absolute Gasteiger partial charge is 0.477 e. The van der Waals surface area contributed by atoms with E-state index in [9.17, 15) is 9.90 Å². The van der Waals surface area contributed by atoms with Crippen LogP contribution in [0.3, 0.4) is 0 Å². The highest BCUT2D eigenvalue weighted by Gasteiger charge is 2.22. The van der Waals surface area contributed by atoms with Crippen molar-refractivity contribution in [2.75, 3.05) is 13.6 Å². The van der Waals surface area contributed by atoms with Crippen molar-refractivity contribution in [2.24, 2.45) is 0 Å². The number of aromatic carboxylic acids is 1. The highest BCUT2D eigenvalue weighted by molar-refractivity contribution is 5.94. The predicted octanol–water partition coefficient (Wildman–Crippen LogP) is 4.43. The highest BCUT2D eigenvalue weighted by Crippen LogP contribution is 2.41. The van der Waals surface area contributed by atoms with Gasteiger partial charge in [0.2, 0.25) is 13.6 Å².